The Morgan fingerprint density at radius 1 is 1.03 bits per heavy atom. The molecule has 0 aliphatic heterocycles. The van der Waals surface area contributed by atoms with E-state index in [1.165, 1.54) is 43.5 Å². The van der Waals surface area contributed by atoms with Crippen LogP contribution in [0, 0.1) is 0 Å². The molecule has 3 aromatic carbocycles. The third-order valence-electron chi connectivity index (χ3n) is 4.41. The second kappa shape index (κ2) is 9.84. The van der Waals surface area contributed by atoms with E-state index in [1.54, 1.807) is 36.4 Å². The summed E-state index contributed by atoms with van der Waals surface area (Å²) in [6.45, 7) is -0.582. The number of amides is 1. The van der Waals surface area contributed by atoms with Crippen LogP contribution in [0.15, 0.2) is 82.8 Å². The SMILES string of the molecule is COc1ccccc1N(CC(=O)N/N=C\c1cccc(O)c1O)S(=O)(=O)c1ccccc1. The summed E-state index contributed by atoms with van der Waals surface area (Å²) in [7, 11) is -2.70. The number of anilines is 1. The van der Waals surface area contributed by atoms with Gasteiger partial charge >= 0.3 is 0 Å². The van der Waals surface area contributed by atoms with Crippen molar-refractivity contribution in [3.8, 4) is 17.2 Å². The molecule has 0 atom stereocenters. The number of methoxy groups -OCH3 is 1. The highest BCUT2D eigenvalue weighted by Gasteiger charge is 2.29. The molecule has 3 aromatic rings. The van der Waals surface area contributed by atoms with Crippen LogP contribution in [-0.4, -0.2) is 44.4 Å². The minimum Gasteiger partial charge on any atom is -0.504 e. The molecule has 0 aromatic heterocycles. The van der Waals surface area contributed by atoms with Gasteiger partial charge in [0.25, 0.3) is 15.9 Å². The number of ether oxygens (including phenoxy) is 1. The Hall–Kier alpha value is -4.05. The van der Waals surface area contributed by atoms with Crippen LogP contribution < -0.4 is 14.5 Å². The van der Waals surface area contributed by atoms with Gasteiger partial charge in [0.2, 0.25) is 0 Å². The highest BCUT2D eigenvalue weighted by atomic mass is 32.2. The molecule has 32 heavy (non-hydrogen) atoms. The van der Waals surface area contributed by atoms with Crippen molar-refractivity contribution in [2.45, 2.75) is 4.90 Å². The molecule has 10 heteroatoms. The number of benzene rings is 3. The smallest absolute Gasteiger partial charge is 0.264 e. The molecular weight excluding hydrogens is 434 g/mol. The molecule has 0 radical (unpaired) electrons. The molecule has 0 aliphatic carbocycles. The van der Waals surface area contributed by atoms with Crippen LogP contribution in [0.1, 0.15) is 5.56 Å². The van der Waals surface area contributed by atoms with Gasteiger partial charge in [-0.2, -0.15) is 5.10 Å². The summed E-state index contributed by atoms with van der Waals surface area (Å²) < 4.78 is 32.8. The molecule has 1 amide bonds. The number of nitrogens with zero attached hydrogens (tertiary/aromatic N) is 2. The third kappa shape index (κ3) is 4.98. The zero-order valence-electron chi connectivity index (χ0n) is 17.0. The number of rotatable bonds is 8. The Balaban J connectivity index is 1.88. The van der Waals surface area contributed by atoms with E-state index >= 15 is 0 Å². The van der Waals surface area contributed by atoms with Gasteiger partial charge in [-0.3, -0.25) is 9.10 Å². The maximum atomic E-state index is 13.3. The van der Waals surface area contributed by atoms with E-state index in [4.69, 9.17) is 4.74 Å². The van der Waals surface area contributed by atoms with Crippen LogP contribution >= 0.6 is 0 Å². The lowest BCUT2D eigenvalue weighted by atomic mass is 10.2. The van der Waals surface area contributed by atoms with Gasteiger partial charge in [0.15, 0.2) is 11.5 Å². The minimum atomic E-state index is -4.10. The Bertz CT molecular complexity index is 1230. The predicted octanol–water partition coefficient (Wildman–Crippen LogP) is 2.45. The number of sulfonamides is 1. The normalized spacial score (nSPS) is 11.3. The number of carbonyl (C=O) groups is 1. The largest absolute Gasteiger partial charge is 0.504 e. The lowest BCUT2D eigenvalue weighted by molar-refractivity contribution is -0.119. The first-order valence-corrected chi connectivity index (χ1v) is 10.8. The highest BCUT2D eigenvalue weighted by Crippen LogP contribution is 2.32. The summed E-state index contributed by atoms with van der Waals surface area (Å²) in [5, 5.41) is 23.0. The second-order valence-corrected chi connectivity index (χ2v) is 8.37. The van der Waals surface area contributed by atoms with E-state index in [0.29, 0.717) is 0 Å². The molecule has 0 unspecified atom stereocenters. The Kier molecular flexibility index (Phi) is 6.96. The van der Waals surface area contributed by atoms with Crippen molar-refractivity contribution in [3.05, 3.63) is 78.4 Å². The zero-order valence-corrected chi connectivity index (χ0v) is 17.9. The topological polar surface area (TPSA) is 129 Å². The van der Waals surface area contributed by atoms with E-state index in [0.717, 1.165) is 10.5 Å². The third-order valence-corrected chi connectivity index (χ3v) is 6.19. The number of hydrazone groups is 1. The van der Waals surface area contributed by atoms with Crippen LogP contribution in [0.25, 0.3) is 0 Å². The molecule has 0 saturated carbocycles. The monoisotopic (exact) mass is 455 g/mol. The van der Waals surface area contributed by atoms with Gasteiger partial charge in [0.05, 0.1) is 23.9 Å². The first-order chi connectivity index (χ1) is 15.3. The van der Waals surface area contributed by atoms with Crippen LogP contribution in [0.3, 0.4) is 0 Å². The number of phenols is 2. The fourth-order valence-corrected chi connectivity index (χ4v) is 4.30. The van der Waals surface area contributed by atoms with E-state index in [1.807, 2.05) is 0 Å². The van der Waals surface area contributed by atoms with Crippen LogP contribution in [0.4, 0.5) is 5.69 Å². The van der Waals surface area contributed by atoms with Crippen molar-refractivity contribution in [1.82, 2.24) is 5.43 Å². The number of nitrogens with one attached hydrogen (secondary N) is 1. The van der Waals surface area contributed by atoms with Gasteiger partial charge in [-0.05, 0) is 36.4 Å². The summed E-state index contributed by atoms with van der Waals surface area (Å²) in [5.74, 6) is -1.19. The van der Waals surface area contributed by atoms with Crippen molar-refractivity contribution in [3.63, 3.8) is 0 Å². The molecule has 0 spiro atoms. The standard InChI is InChI=1S/C22H21N3O6S/c1-31-20-13-6-5-11-18(20)25(32(29,30)17-9-3-2-4-10-17)15-21(27)24-23-14-16-8-7-12-19(26)22(16)28/h2-14,26,28H,15H2,1H3,(H,24,27)/b23-14-. The number of phenolic OH excluding ortho intramolecular Hbond substituents is 2. The molecule has 3 rings (SSSR count). The number of hydrogen-bond acceptors (Lipinski definition) is 7. The number of para-hydroxylation sites is 3. The first kappa shape index (κ1) is 22.6. The molecule has 9 nitrogen and oxygen atoms in total. The van der Waals surface area contributed by atoms with E-state index in [-0.39, 0.29) is 27.6 Å². The Morgan fingerprint density at radius 3 is 2.44 bits per heavy atom. The number of carbonyl (C=O) groups excluding carboxylic acids is 1. The van der Waals surface area contributed by atoms with Crippen molar-refractivity contribution in [2.24, 2.45) is 5.10 Å². The van der Waals surface area contributed by atoms with Gasteiger partial charge in [0, 0.05) is 5.56 Å². The first-order valence-electron chi connectivity index (χ1n) is 9.38. The molecule has 0 saturated heterocycles. The summed E-state index contributed by atoms with van der Waals surface area (Å²) in [6.07, 6.45) is 1.13. The minimum absolute atomic E-state index is 0.00638. The average molecular weight is 455 g/mol. The molecule has 0 fully saturated rings. The average Bonchev–Trinajstić information content (AvgIpc) is 2.80. The summed E-state index contributed by atoms with van der Waals surface area (Å²) in [5.41, 5.74) is 2.58. The quantitative estimate of drug-likeness (QED) is 0.272. The summed E-state index contributed by atoms with van der Waals surface area (Å²) in [4.78, 5) is 12.6. The van der Waals surface area contributed by atoms with Gasteiger partial charge in [-0.15, -0.1) is 0 Å². The van der Waals surface area contributed by atoms with Gasteiger partial charge < -0.3 is 14.9 Å². The molecule has 0 heterocycles. The molecule has 3 N–H and O–H groups in total. The Morgan fingerprint density at radius 2 is 1.72 bits per heavy atom. The molecule has 0 aliphatic rings. The lowest BCUT2D eigenvalue weighted by Crippen LogP contribution is -2.39. The van der Waals surface area contributed by atoms with Crippen molar-refractivity contribution in [2.75, 3.05) is 18.0 Å². The Labute approximate surface area is 185 Å². The van der Waals surface area contributed by atoms with Crippen molar-refractivity contribution >= 4 is 27.8 Å². The lowest BCUT2D eigenvalue weighted by Gasteiger charge is -2.25. The van der Waals surface area contributed by atoms with Crippen LogP contribution in [0.2, 0.25) is 0 Å². The van der Waals surface area contributed by atoms with Gasteiger partial charge in [-0.25, -0.2) is 13.8 Å². The summed E-state index contributed by atoms with van der Waals surface area (Å²) >= 11 is 0. The molecular formula is C22H21N3O6S. The maximum absolute atomic E-state index is 13.3. The van der Waals surface area contributed by atoms with Crippen molar-refractivity contribution < 1.29 is 28.2 Å². The number of hydrogen-bond donors (Lipinski definition) is 3. The zero-order chi connectivity index (χ0) is 23.1. The van der Waals surface area contributed by atoms with Crippen LogP contribution in [0.5, 0.6) is 17.2 Å². The second-order valence-electron chi connectivity index (χ2n) is 6.50. The maximum Gasteiger partial charge on any atom is 0.264 e. The fourth-order valence-electron chi connectivity index (χ4n) is 2.85. The fraction of sp³-hybridized carbons (Fsp3) is 0.0909. The number of aromatic hydroxyl groups is 2. The van der Waals surface area contributed by atoms with Gasteiger partial charge in [-0.1, -0.05) is 36.4 Å². The van der Waals surface area contributed by atoms with Crippen LogP contribution in [-0.2, 0) is 14.8 Å². The van der Waals surface area contributed by atoms with E-state index in [9.17, 15) is 23.4 Å². The van der Waals surface area contributed by atoms with Crippen molar-refractivity contribution in [1.29, 1.82) is 0 Å². The molecule has 166 valence electrons. The van der Waals surface area contributed by atoms with E-state index < -0.39 is 28.2 Å². The highest BCUT2D eigenvalue weighted by molar-refractivity contribution is 7.92. The van der Waals surface area contributed by atoms with Gasteiger partial charge in [0.1, 0.15) is 12.3 Å². The molecule has 0 bridgehead atoms. The summed E-state index contributed by atoms with van der Waals surface area (Å²) in [6, 6.07) is 18.4. The predicted molar refractivity (Wildman–Crippen MR) is 119 cm³/mol. The van der Waals surface area contributed by atoms with E-state index in [2.05, 4.69) is 10.5 Å².